The molecule has 0 radical (unpaired) electrons. The summed E-state index contributed by atoms with van der Waals surface area (Å²) in [6, 6.07) is 4.88. The lowest BCUT2D eigenvalue weighted by Gasteiger charge is -2.10. The Morgan fingerprint density at radius 2 is 2.07 bits per heavy atom. The summed E-state index contributed by atoms with van der Waals surface area (Å²) in [5.41, 5.74) is 0. The molecule has 5 heteroatoms. The molecule has 1 N–H and O–H groups in total. The SMILES string of the molecule is OC(CCl)COc1ccc(Cl)cc1Cl. The molecular formula is C9H9Cl3O2. The van der Waals surface area contributed by atoms with Crippen molar-refractivity contribution >= 4 is 34.8 Å². The van der Waals surface area contributed by atoms with E-state index in [9.17, 15) is 0 Å². The molecule has 1 atom stereocenters. The van der Waals surface area contributed by atoms with Crippen molar-refractivity contribution in [2.75, 3.05) is 12.5 Å². The van der Waals surface area contributed by atoms with Crippen LogP contribution in [0.15, 0.2) is 18.2 Å². The number of rotatable bonds is 4. The molecule has 0 fully saturated rings. The van der Waals surface area contributed by atoms with Crippen molar-refractivity contribution in [3.05, 3.63) is 28.2 Å². The summed E-state index contributed by atoms with van der Waals surface area (Å²) in [4.78, 5) is 0. The van der Waals surface area contributed by atoms with Crippen molar-refractivity contribution in [1.82, 2.24) is 0 Å². The van der Waals surface area contributed by atoms with Crippen LogP contribution in [0.3, 0.4) is 0 Å². The fourth-order valence-electron chi connectivity index (χ4n) is 0.823. The number of aliphatic hydroxyl groups excluding tert-OH is 1. The highest BCUT2D eigenvalue weighted by molar-refractivity contribution is 6.35. The molecule has 1 aromatic rings. The van der Waals surface area contributed by atoms with Crippen LogP contribution in [0.25, 0.3) is 0 Å². The van der Waals surface area contributed by atoms with Gasteiger partial charge in [-0.2, -0.15) is 0 Å². The summed E-state index contributed by atoms with van der Waals surface area (Å²) in [5, 5.41) is 10.1. The Kier molecular flexibility index (Phi) is 4.82. The van der Waals surface area contributed by atoms with Gasteiger partial charge in [-0.1, -0.05) is 23.2 Å². The third kappa shape index (κ3) is 3.54. The van der Waals surface area contributed by atoms with Crippen LogP contribution in [0.4, 0.5) is 0 Å². The maximum absolute atomic E-state index is 9.14. The molecule has 2 nitrogen and oxygen atoms in total. The van der Waals surface area contributed by atoms with E-state index in [2.05, 4.69) is 0 Å². The molecule has 0 aliphatic carbocycles. The zero-order chi connectivity index (χ0) is 10.6. The molecule has 0 aliphatic rings. The van der Waals surface area contributed by atoms with Crippen LogP contribution in [0, 0.1) is 0 Å². The summed E-state index contributed by atoms with van der Waals surface area (Å²) < 4.78 is 5.22. The second-order valence-electron chi connectivity index (χ2n) is 2.69. The second kappa shape index (κ2) is 5.66. The fraction of sp³-hybridized carbons (Fsp3) is 0.333. The maximum Gasteiger partial charge on any atom is 0.138 e. The summed E-state index contributed by atoms with van der Waals surface area (Å²) in [6.07, 6.45) is -0.691. The highest BCUT2D eigenvalue weighted by Crippen LogP contribution is 2.27. The number of hydrogen-bond donors (Lipinski definition) is 1. The largest absolute Gasteiger partial charge is 0.489 e. The first-order valence-electron chi connectivity index (χ1n) is 3.95. The van der Waals surface area contributed by atoms with Gasteiger partial charge < -0.3 is 9.84 Å². The van der Waals surface area contributed by atoms with Gasteiger partial charge in [0.15, 0.2) is 0 Å². The van der Waals surface area contributed by atoms with E-state index >= 15 is 0 Å². The number of alkyl halides is 1. The molecule has 0 heterocycles. The van der Waals surface area contributed by atoms with E-state index in [0.29, 0.717) is 15.8 Å². The summed E-state index contributed by atoms with van der Waals surface area (Å²) in [5.74, 6) is 0.616. The zero-order valence-corrected chi connectivity index (χ0v) is 9.48. The van der Waals surface area contributed by atoms with Crippen molar-refractivity contribution in [2.24, 2.45) is 0 Å². The van der Waals surface area contributed by atoms with Crippen molar-refractivity contribution < 1.29 is 9.84 Å². The molecule has 1 rings (SSSR count). The van der Waals surface area contributed by atoms with Gasteiger partial charge in [-0.25, -0.2) is 0 Å². The van der Waals surface area contributed by atoms with Crippen LogP contribution in [-0.4, -0.2) is 23.7 Å². The molecule has 14 heavy (non-hydrogen) atoms. The Morgan fingerprint density at radius 1 is 1.36 bits per heavy atom. The van der Waals surface area contributed by atoms with Crippen LogP contribution in [0.1, 0.15) is 0 Å². The normalized spacial score (nSPS) is 12.6. The minimum Gasteiger partial charge on any atom is -0.489 e. The predicted octanol–water partition coefficient (Wildman–Crippen LogP) is 2.97. The minimum atomic E-state index is -0.691. The summed E-state index contributed by atoms with van der Waals surface area (Å²) in [6.45, 7) is 0.116. The maximum atomic E-state index is 9.14. The Hall–Kier alpha value is -0.150. The molecule has 0 spiro atoms. The van der Waals surface area contributed by atoms with Gasteiger partial charge in [-0.05, 0) is 18.2 Å². The van der Waals surface area contributed by atoms with E-state index in [-0.39, 0.29) is 12.5 Å². The Morgan fingerprint density at radius 3 is 2.64 bits per heavy atom. The Labute approximate surface area is 97.3 Å². The Balaban J connectivity index is 2.59. The quantitative estimate of drug-likeness (QED) is 0.838. The fourth-order valence-corrected chi connectivity index (χ4v) is 1.37. The molecule has 0 aromatic heterocycles. The first-order chi connectivity index (χ1) is 6.63. The van der Waals surface area contributed by atoms with Crippen molar-refractivity contribution in [3.8, 4) is 5.75 Å². The van der Waals surface area contributed by atoms with Crippen LogP contribution in [-0.2, 0) is 0 Å². The van der Waals surface area contributed by atoms with Crippen molar-refractivity contribution in [3.63, 3.8) is 0 Å². The van der Waals surface area contributed by atoms with E-state index in [0.717, 1.165) is 0 Å². The van der Waals surface area contributed by atoms with Crippen LogP contribution < -0.4 is 4.74 Å². The van der Waals surface area contributed by atoms with E-state index in [1.54, 1.807) is 18.2 Å². The average molecular weight is 256 g/mol. The topological polar surface area (TPSA) is 29.5 Å². The lowest BCUT2D eigenvalue weighted by Crippen LogP contribution is -2.18. The van der Waals surface area contributed by atoms with Gasteiger partial charge >= 0.3 is 0 Å². The third-order valence-corrected chi connectivity index (χ3v) is 2.39. The molecule has 0 saturated carbocycles. The minimum absolute atomic E-state index is 0.116. The van der Waals surface area contributed by atoms with Gasteiger partial charge in [-0.15, -0.1) is 11.6 Å². The van der Waals surface area contributed by atoms with E-state index in [1.165, 1.54) is 0 Å². The molecule has 0 bridgehead atoms. The number of hydrogen-bond acceptors (Lipinski definition) is 2. The molecule has 1 unspecified atom stereocenters. The highest BCUT2D eigenvalue weighted by atomic mass is 35.5. The van der Waals surface area contributed by atoms with Gasteiger partial charge in [0.1, 0.15) is 18.5 Å². The van der Waals surface area contributed by atoms with Gasteiger partial charge in [0, 0.05) is 5.02 Å². The van der Waals surface area contributed by atoms with Gasteiger partial charge in [0.05, 0.1) is 10.9 Å². The third-order valence-electron chi connectivity index (χ3n) is 1.50. The Bertz CT molecular complexity index is 304. The lowest BCUT2D eigenvalue weighted by molar-refractivity contribution is 0.125. The predicted molar refractivity (Wildman–Crippen MR) is 58.7 cm³/mol. The highest BCUT2D eigenvalue weighted by Gasteiger charge is 2.06. The average Bonchev–Trinajstić information content (AvgIpc) is 2.16. The smallest absolute Gasteiger partial charge is 0.138 e. The molecule has 1 aromatic carbocycles. The van der Waals surface area contributed by atoms with E-state index < -0.39 is 6.10 Å². The number of aliphatic hydroxyl groups is 1. The molecule has 0 amide bonds. The molecular weight excluding hydrogens is 246 g/mol. The van der Waals surface area contributed by atoms with Gasteiger partial charge in [0.2, 0.25) is 0 Å². The molecule has 78 valence electrons. The van der Waals surface area contributed by atoms with E-state index in [4.69, 9.17) is 44.6 Å². The summed E-state index contributed by atoms with van der Waals surface area (Å²) >= 11 is 16.9. The van der Waals surface area contributed by atoms with Crippen LogP contribution in [0.5, 0.6) is 5.75 Å². The summed E-state index contributed by atoms with van der Waals surface area (Å²) in [7, 11) is 0. The number of halogens is 3. The van der Waals surface area contributed by atoms with E-state index in [1.807, 2.05) is 0 Å². The van der Waals surface area contributed by atoms with Crippen LogP contribution >= 0.6 is 34.8 Å². The number of benzene rings is 1. The molecule has 0 aliphatic heterocycles. The lowest BCUT2D eigenvalue weighted by atomic mass is 10.3. The van der Waals surface area contributed by atoms with Gasteiger partial charge in [0.25, 0.3) is 0 Å². The first kappa shape index (κ1) is 11.9. The number of ether oxygens (including phenoxy) is 1. The standard InChI is InChI=1S/C9H9Cl3O2/c10-4-7(13)5-14-9-2-1-6(11)3-8(9)12/h1-3,7,13H,4-5H2. The zero-order valence-electron chi connectivity index (χ0n) is 7.21. The second-order valence-corrected chi connectivity index (χ2v) is 3.85. The van der Waals surface area contributed by atoms with Crippen LogP contribution in [0.2, 0.25) is 10.0 Å². The van der Waals surface area contributed by atoms with Gasteiger partial charge in [-0.3, -0.25) is 0 Å². The monoisotopic (exact) mass is 254 g/mol. The van der Waals surface area contributed by atoms with Crippen molar-refractivity contribution in [1.29, 1.82) is 0 Å². The first-order valence-corrected chi connectivity index (χ1v) is 5.24. The van der Waals surface area contributed by atoms with Crippen molar-refractivity contribution in [2.45, 2.75) is 6.10 Å². The molecule has 0 saturated heterocycles.